The molecule has 0 bridgehead atoms. The Morgan fingerprint density at radius 2 is 2.08 bits per heavy atom. The third kappa shape index (κ3) is 2.76. The molecule has 1 rings (SSSR count). The van der Waals surface area contributed by atoms with Crippen LogP contribution in [0.15, 0.2) is 0 Å². The molecule has 0 spiro atoms. The molecule has 2 atom stereocenters. The highest BCUT2D eigenvalue weighted by molar-refractivity contribution is 7.84. The molecule has 0 aromatic rings. The molecule has 0 unspecified atom stereocenters. The summed E-state index contributed by atoms with van der Waals surface area (Å²) >= 11 is 0. The van der Waals surface area contributed by atoms with E-state index in [0.717, 1.165) is 6.54 Å². The molecular weight excluding hydrogens is 186 g/mol. The van der Waals surface area contributed by atoms with Gasteiger partial charge in [0.05, 0.1) is 18.0 Å². The van der Waals surface area contributed by atoms with E-state index in [1.165, 1.54) is 0 Å². The quantitative estimate of drug-likeness (QED) is 0.643. The monoisotopic (exact) mass is 205 g/mol. The molecule has 1 fully saturated rings. The van der Waals surface area contributed by atoms with Crippen LogP contribution in [0.2, 0.25) is 0 Å². The first-order valence-electron chi connectivity index (χ1n) is 4.69. The van der Waals surface area contributed by atoms with Crippen molar-refractivity contribution >= 4 is 11.0 Å². The van der Waals surface area contributed by atoms with Gasteiger partial charge in [-0.25, -0.2) is 8.51 Å². The Kier molecular flexibility index (Phi) is 3.49. The van der Waals surface area contributed by atoms with E-state index < -0.39 is 11.0 Å². The summed E-state index contributed by atoms with van der Waals surface area (Å²) in [5.41, 5.74) is 0. The maximum atomic E-state index is 12.0. The summed E-state index contributed by atoms with van der Waals surface area (Å²) < 4.78 is 19.2. The van der Waals surface area contributed by atoms with Gasteiger partial charge >= 0.3 is 0 Å². The number of rotatable bonds is 1. The smallest absolute Gasteiger partial charge is 0.100 e. The lowest BCUT2D eigenvalue weighted by Crippen LogP contribution is -2.49. The number of hydrogen-bond acceptors (Lipinski definition) is 2. The largest absolute Gasteiger partial charge is 0.378 e. The third-order valence-electron chi connectivity index (χ3n) is 2.04. The van der Waals surface area contributed by atoms with Gasteiger partial charge in [-0.1, -0.05) is 0 Å². The topological polar surface area (TPSA) is 29.5 Å². The Balaban J connectivity index is 2.64. The maximum absolute atomic E-state index is 12.0. The molecule has 3 nitrogen and oxygen atoms in total. The van der Waals surface area contributed by atoms with Crippen molar-refractivity contribution < 1.29 is 8.95 Å². The van der Waals surface area contributed by atoms with E-state index in [-0.39, 0.29) is 10.8 Å². The van der Waals surface area contributed by atoms with Gasteiger partial charge in [-0.05, 0) is 27.7 Å². The zero-order valence-corrected chi connectivity index (χ0v) is 9.69. The van der Waals surface area contributed by atoms with E-state index in [9.17, 15) is 4.21 Å². The fraction of sp³-hybridized carbons (Fsp3) is 1.00. The van der Waals surface area contributed by atoms with Crippen LogP contribution in [-0.2, 0) is 15.7 Å². The molecular formula is C9H19NO2S. The van der Waals surface area contributed by atoms with Gasteiger partial charge < -0.3 is 4.74 Å². The van der Waals surface area contributed by atoms with Crippen LogP contribution < -0.4 is 0 Å². The highest BCUT2D eigenvalue weighted by Gasteiger charge is 2.31. The van der Waals surface area contributed by atoms with E-state index in [4.69, 9.17) is 4.74 Å². The first-order valence-corrected chi connectivity index (χ1v) is 5.80. The van der Waals surface area contributed by atoms with E-state index in [2.05, 4.69) is 6.92 Å². The first kappa shape index (κ1) is 11.1. The summed E-state index contributed by atoms with van der Waals surface area (Å²) in [4.78, 5) is 0. The molecule has 0 radical (unpaired) electrons. The number of hydrogen-bond donors (Lipinski definition) is 0. The minimum atomic E-state index is -0.901. The first-order chi connectivity index (χ1) is 5.93. The third-order valence-corrected chi connectivity index (χ3v) is 4.06. The van der Waals surface area contributed by atoms with Crippen molar-refractivity contribution in [2.45, 2.75) is 38.5 Å². The highest BCUT2D eigenvalue weighted by Crippen LogP contribution is 2.19. The summed E-state index contributed by atoms with van der Waals surface area (Å²) in [6, 6.07) is 0.272. The molecule has 0 aromatic heterocycles. The predicted molar refractivity (Wildman–Crippen MR) is 54.9 cm³/mol. The molecule has 0 aromatic carbocycles. The van der Waals surface area contributed by atoms with Crippen molar-refractivity contribution in [1.29, 1.82) is 0 Å². The van der Waals surface area contributed by atoms with Crippen LogP contribution in [0.4, 0.5) is 0 Å². The summed E-state index contributed by atoms with van der Waals surface area (Å²) in [6.07, 6.45) is 0. The molecule has 0 aliphatic carbocycles. The van der Waals surface area contributed by atoms with Crippen molar-refractivity contribution in [1.82, 2.24) is 4.31 Å². The molecule has 13 heavy (non-hydrogen) atoms. The highest BCUT2D eigenvalue weighted by atomic mass is 32.2. The van der Waals surface area contributed by atoms with Crippen molar-refractivity contribution in [2.75, 3.05) is 19.8 Å². The molecule has 0 saturated carbocycles. The van der Waals surface area contributed by atoms with Crippen LogP contribution in [0.5, 0.6) is 0 Å². The van der Waals surface area contributed by atoms with Crippen molar-refractivity contribution in [2.24, 2.45) is 0 Å². The molecule has 1 heterocycles. The van der Waals surface area contributed by atoms with Gasteiger partial charge in [0.2, 0.25) is 0 Å². The second-order valence-corrected chi connectivity index (χ2v) is 6.62. The lowest BCUT2D eigenvalue weighted by molar-refractivity contribution is 0.0409. The fourth-order valence-corrected chi connectivity index (χ4v) is 2.64. The van der Waals surface area contributed by atoms with Gasteiger partial charge in [0.25, 0.3) is 0 Å². The molecule has 1 saturated heterocycles. The zero-order chi connectivity index (χ0) is 10.1. The molecule has 78 valence electrons. The van der Waals surface area contributed by atoms with Crippen LogP contribution in [0.1, 0.15) is 27.7 Å². The van der Waals surface area contributed by atoms with Crippen molar-refractivity contribution in [3.8, 4) is 0 Å². The lowest BCUT2D eigenvalue weighted by atomic mass is 10.3. The lowest BCUT2D eigenvalue weighted by Gasteiger charge is -2.36. The van der Waals surface area contributed by atoms with Crippen LogP contribution >= 0.6 is 0 Å². The Labute approximate surface area is 83.0 Å². The predicted octanol–water partition coefficient (Wildman–Crippen LogP) is 1.17. The molecule has 0 N–H and O–H groups in total. The Morgan fingerprint density at radius 1 is 1.46 bits per heavy atom. The normalized spacial score (nSPS) is 28.8. The average Bonchev–Trinajstić information content (AvgIpc) is 2.02. The summed E-state index contributed by atoms with van der Waals surface area (Å²) in [5, 5.41) is 0. The van der Waals surface area contributed by atoms with Crippen LogP contribution in [0, 0.1) is 0 Å². The van der Waals surface area contributed by atoms with Crippen molar-refractivity contribution in [3.63, 3.8) is 0 Å². The minimum Gasteiger partial charge on any atom is -0.378 e. The maximum Gasteiger partial charge on any atom is 0.100 e. The van der Waals surface area contributed by atoms with Gasteiger partial charge in [0.1, 0.15) is 11.0 Å². The van der Waals surface area contributed by atoms with Gasteiger partial charge in [-0.3, -0.25) is 0 Å². The van der Waals surface area contributed by atoms with E-state index in [0.29, 0.717) is 13.2 Å². The zero-order valence-electron chi connectivity index (χ0n) is 8.87. The standard InChI is InChI=1S/C9H19NO2S/c1-8-7-12-6-5-10(8)13(11)9(2,3)4/h8H,5-7H2,1-4H3/t8-,13-/m1/s1. The second kappa shape index (κ2) is 4.07. The summed E-state index contributed by atoms with van der Waals surface area (Å²) in [6.45, 7) is 10.3. The van der Waals surface area contributed by atoms with Crippen LogP contribution in [0.3, 0.4) is 0 Å². The van der Waals surface area contributed by atoms with E-state index in [1.54, 1.807) is 0 Å². The molecule has 1 aliphatic rings. The van der Waals surface area contributed by atoms with Gasteiger partial charge in [0.15, 0.2) is 0 Å². The Morgan fingerprint density at radius 3 is 2.54 bits per heavy atom. The summed E-state index contributed by atoms with van der Waals surface area (Å²) in [7, 11) is -0.901. The second-order valence-electron chi connectivity index (χ2n) is 4.43. The van der Waals surface area contributed by atoms with Gasteiger partial charge in [-0.15, -0.1) is 0 Å². The van der Waals surface area contributed by atoms with Gasteiger partial charge in [-0.2, -0.15) is 0 Å². The number of ether oxygens (including phenoxy) is 1. The number of nitrogens with zero attached hydrogens (tertiary/aromatic N) is 1. The molecule has 1 aliphatic heterocycles. The van der Waals surface area contributed by atoms with E-state index >= 15 is 0 Å². The Hall–Kier alpha value is 0.0700. The SMILES string of the molecule is C[C@@H]1COCCN1[S@](=O)C(C)(C)C. The summed E-state index contributed by atoms with van der Waals surface area (Å²) in [5.74, 6) is 0. The Bertz CT molecular complexity index is 200. The average molecular weight is 205 g/mol. The minimum absolute atomic E-state index is 0.161. The van der Waals surface area contributed by atoms with Crippen LogP contribution in [0.25, 0.3) is 0 Å². The van der Waals surface area contributed by atoms with Gasteiger partial charge in [0, 0.05) is 12.6 Å². The molecule has 4 heteroatoms. The fourth-order valence-electron chi connectivity index (χ4n) is 1.31. The van der Waals surface area contributed by atoms with E-state index in [1.807, 2.05) is 25.1 Å². The molecule has 0 amide bonds. The van der Waals surface area contributed by atoms with Crippen LogP contribution in [-0.4, -0.2) is 39.1 Å². The van der Waals surface area contributed by atoms with Crippen molar-refractivity contribution in [3.05, 3.63) is 0 Å². The number of morpholine rings is 1.